The van der Waals surface area contributed by atoms with E-state index in [2.05, 4.69) is 24.1 Å². The number of rotatable bonds is 6. The second-order valence-electron chi connectivity index (χ2n) is 5.50. The first-order chi connectivity index (χ1) is 9.99. The van der Waals surface area contributed by atoms with Crippen LogP contribution in [0.3, 0.4) is 0 Å². The maximum Gasteiger partial charge on any atom is 0.146 e. The highest BCUT2D eigenvalue weighted by Gasteiger charge is 2.15. The van der Waals surface area contributed by atoms with Gasteiger partial charge in [0.15, 0.2) is 0 Å². The van der Waals surface area contributed by atoms with Gasteiger partial charge in [-0.25, -0.2) is 9.37 Å². The summed E-state index contributed by atoms with van der Waals surface area (Å²) in [5, 5.41) is 3.35. The molecule has 2 aromatic rings. The van der Waals surface area contributed by atoms with Crippen LogP contribution in [0.25, 0.3) is 0 Å². The van der Waals surface area contributed by atoms with E-state index >= 15 is 0 Å². The zero-order valence-electron chi connectivity index (χ0n) is 13.0. The summed E-state index contributed by atoms with van der Waals surface area (Å²) >= 11 is 1.61. The van der Waals surface area contributed by atoms with Crippen molar-refractivity contribution in [2.75, 3.05) is 11.9 Å². The summed E-state index contributed by atoms with van der Waals surface area (Å²) in [5.41, 5.74) is 4.50. The first-order valence-electron chi connectivity index (χ1n) is 7.10. The Hall–Kier alpha value is -1.46. The summed E-state index contributed by atoms with van der Waals surface area (Å²) in [6, 6.07) is 5.63. The molecule has 0 amide bonds. The molecular formula is C16H22FN3S. The fourth-order valence-electron chi connectivity index (χ4n) is 2.22. The molecule has 1 heterocycles. The maximum atomic E-state index is 14.3. The highest BCUT2D eigenvalue weighted by molar-refractivity contribution is 7.09. The zero-order valence-corrected chi connectivity index (χ0v) is 13.8. The molecule has 0 unspecified atom stereocenters. The molecule has 5 heteroatoms. The highest BCUT2D eigenvalue weighted by Crippen LogP contribution is 2.26. The number of thiazole rings is 1. The van der Waals surface area contributed by atoms with Crippen molar-refractivity contribution in [3.05, 3.63) is 45.7 Å². The van der Waals surface area contributed by atoms with Crippen LogP contribution >= 0.6 is 11.3 Å². The number of para-hydroxylation sites is 1. The third-order valence-electron chi connectivity index (χ3n) is 3.38. The second kappa shape index (κ2) is 7.00. The molecule has 21 heavy (non-hydrogen) atoms. The molecule has 0 radical (unpaired) electrons. The van der Waals surface area contributed by atoms with Gasteiger partial charge in [-0.15, -0.1) is 11.3 Å². The number of hydrogen-bond donors (Lipinski definition) is 1. The van der Waals surface area contributed by atoms with Crippen molar-refractivity contribution in [2.45, 2.75) is 39.9 Å². The smallest absolute Gasteiger partial charge is 0.146 e. The molecule has 3 nitrogen and oxygen atoms in total. The molecule has 0 saturated heterocycles. The Bertz CT molecular complexity index is 595. The quantitative estimate of drug-likeness (QED) is 0.881. The molecule has 0 aliphatic carbocycles. The van der Waals surface area contributed by atoms with Crippen LogP contribution in [0.15, 0.2) is 23.7 Å². The van der Waals surface area contributed by atoms with Gasteiger partial charge >= 0.3 is 0 Å². The lowest BCUT2D eigenvalue weighted by Gasteiger charge is -2.23. The van der Waals surface area contributed by atoms with Crippen molar-refractivity contribution in [3.8, 4) is 0 Å². The van der Waals surface area contributed by atoms with Gasteiger partial charge in [0.2, 0.25) is 0 Å². The van der Waals surface area contributed by atoms with Crippen LogP contribution < -0.4 is 10.2 Å². The number of hydrogen-bond acceptors (Lipinski definition) is 4. The van der Waals surface area contributed by atoms with Crippen molar-refractivity contribution < 1.29 is 4.39 Å². The summed E-state index contributed by atoms with van der Waals surface area (Å²) in [5.74, 6) is -0.178. The molecule has 0 aliphatic rings. The third-order valence-corrected chi connectivity index (χ3v) is 4.30. The second-order valence-corrected chi connectivity index (χ2v) is 6.44. The number of anilines is 1. The van der Waals surface area contributed by atoms with Gasteiger partial charge in [0.05, 0.1) is 23.4 Å². The number of aryl methyl sites for hydroxylation is 1. The van der Waals surface area contributed by atoms with Crippen molar-refractivity contribution >= 4 is 17.0 Å². The normalized spacial score (nSPS) is 11.1. The van der Waals surface area contributed by atoms with Crippen molar-refractivity contribution in [1.29, 1.82) is 0 Å². The van der Waals surface area contributed by atoms with Gasteiger partial charge in [0, 0.05) is 24.5 Å². The van der Waals surface area contributed by atoms with Gasteiger partial charge in [-0.3, -0.25) is 0 Å². The predicted octanol–water partition coefficient (Wildman–Crippen LogP) is 3.73. The molecular weight excluding hydrogens is 285 g/mol. The number of nitrogens with one attached hydrogen (secondary N) is 1. The van der Waals surface area contributed by atoms with E-state index < -0.39 is 0 Å². The van der Waals surface area contributed by atoms with Crippen LogP contribution in [-0.4, -0.2) is 18.1 Å². The largest absolute Gasteiger partial charge is 0.367 e. The van der Waals surface area contributed by atoms with Crippen LogP contribution in [-0.2, 0) is 13.1 Å². The lowest BCUT2D eigenvalue weighted by molar-refractivity contribution is 0.579. The zero-order chi connectivity index (χ0) is 15.4. The summed E-state index contributed by atoms with van der Waals surface area (Å²) in [4.78, 5) is 7.39. The molecule has 0 atom stereocenters. The van der Waals surface area contributed by atoms with Gasteiger partial charge in [-0.1, -0.05) is 26.0 Å². The molecule has 1 aromatic heterocycles. The fraction of sp³-hybridized carbons (Fsp3) is 0.438. The van der Waals surface area contributed by atoms with Crippen LogP contribution in [0.2, 0.25) is 0 Å². The standard InChI is InChI=1S/C16H22FN3S/c1-11(2)18-8-13-6-5-7-14(17)16(13)20(4)9-15-12(3)19-10-21-15/h5-7,10-11,18H,8-9H2,1-4H3. The van der Waals surface area contributed by atoms with E-state index in [1.165, 1.54) is 10.9 Å². The Labute approximate surface area is 129 Å². The summed E-state index contributed by atoms with van der Waals surface area (Å²) in [7, 11) is 1.93. The van der Waals surface area contributed by atoms with E-state index in [1.54, 1.807) is 17.4 Å². The van der Waals surface area contributed by atoms with Gasteiger partial charge in [-0.05, 0) is 18.6 Å². The van der Waals surface area contributed by atoms with E-state index in [4.69, 9.17) is 0 Å². The Morgan fingerprint density at radius 1 is 1.38 bits per heavy atom. The monoisotopic (exact) mass is 307 g/mol. The fourth-order valence-corrected chi connectivity index (χ4v) is 3.05. The number of aromatic nitrogens is 1. The minimum atomic E-state index is -0.178. The lowest BCUT2D eigenvalue weighted by atomic mass is 10.1. The van der Waals surface area contributed by atoms with E-state index in [9.17, 15) is 4.39 Å². The average molecular weight is 307 g/mol. The number of halogens is 1. The summed E-state index contributed by atoms with van der Waals surface area (Å²) in [6.45, 7) is 7.50. The summed E-state index contributed by atoms with van der Waals surface area (Å²) < 4.78 is 14.3. The first-order valence-corrected chi connectivity index (χ1v) is 7.98. The Morgan fingerprint density at radius 3 is 2.76 bits per heavy atom. The summed E-state index contributed by atoms with van der Waals surface area (Å²) in [6.07, 6.45) is 0. The minimum Gasteiger partial charge on any atom is -0.367 e. The maximum absolute atomic E-state index is 14.3. The van der Waals surface area contributed by atoms with Gasteiger partial charge < -0.3 is 10.2 Å². The van der Waals surface area contributed by atoms with Crippen molar-refractivity contribution in [2.24, 2.45) is 0 Å². The molecule has 0 bridgehead atoms. The average Bonchev–Trinajstić information content (AvgIpc) is 2.81. The first kappa shape index (κ1) is 15.9. The van der Waals surface area contributed by atoms with E-state index in [-0.39, 0.29) is 5.82 Å². The molecule has 0 saturated carbocycles. The van der Waals surface area contributed by atoms with Crippen LogP contribution in [0, 0.1) is 12.7 Å². The minimum absolute atomic E-state index is 0.178. The van der Waals surface area contributed by atoms with Gasteiger partial charge in [-0.2, -0.15) is 0 Å². The van der Waals surface area contributed by atoms with E-state index in [1.807, 2.05) is 30.4 Å². The topological polar surface area (TPSA) is 28.2 Å². The van der Waals surface area contributed by atoms with Crippen molar-refractivity contribution in [3.63, 3.8) is 0 Å². The van der Waals surface area contributed by atoms with Gasteiger partial charge in [0.25, 0.3) is 0 Å². The number of nitrogens with zero attached hydrogens (tertiary/aromatic N) is 2. The van der Waals surface area contributed by atoms with Crippen LogP contribution in [0.1, 0.15) is 30.0 Å². The Kier molecular flexibility index (Phi) is 5.31. The third kappa shape index (κ3) is 4.02. The predicted molar refractivity (Wildman–Crippen MR) is 87.3 cm³/mol. The Balaban J connectivity index is 2.22. The van der Waals surface area contributed by atoms with E-state index in [0.29, 0.717) is 24.8 Å². The molecule has 1 N–H and O–H groups in total. The number of benzene rings is 1. The van der Waals surface area contributed by atoms with Crippen LogP contribution in [0.5, 0.6) is 0 Å². The van der Waals surface area contributed by atoms with Crippen LogP contribution in [0.4, 0.5) is 10.1 Å². The molecule has 1 aromatic carbocycles. The highest BCUT2D eigenvalue weighted by atomic mass is 32.1. The van der Waals surface area contributed by atoms with Crippen molar-refractivity contribution in [1.82, 2.24) is 10.3 Å². The lowest BCUT2D eigenvalue weighted by Crippen LogP contribution is -2.25. The molecule has 114 valence electrons. The molecule has 2 rings (SSSR count). The molecule has 0 aliphatic heterocycles. The SMILES string of the molecule is Cc1ncsc1CN(C)c1c(F)cccc1CNC(C)C. The molecule has 0 spiro atoms. The van der Waals surface area contributed by atoms with E-state index in [0.717, 1.165) is 11.3 Å². The van der Waals surface area contributed by atoms with Gasteiger partial charge in [0.1, 0.15) is 5.82 Å². The molecule has 0 fully saturated rings. The Morgan fingerprint density at radius 2 is 2.14 bits per heavy atom.